The summed E-state index contributed by atoms with van der Waals surface area (Å²) in [5, 5.41) is 3.33. The van der Waals surface area contributed by atoms with Crippen LogP contribution in [-0.2, 0) is 26.5 Å². The van der Waals surface area contributed by atoms with Crippen LogP contribution >= 0.6 is 0 Å². The minimum Gasteiger partial charge on any atom is -0.500 e. The molecule has 8 aromatic rings. The van der Waals surface area contributed by atoms with Gasteiger partial charge in [-0.25, -0.2) is 4.39 Å². The van der Waals surface area contributed by atoms with Gasteiger partial charge in [0, 0.05) is 54.8 Å². The Morgan fingerprint density at radius 3 is 2.30 bits per heavy atom. The van der Waals surface area contributed by atoms with Crippen LogP contribution in [0.5, 0.6) is 0 Å². The summed E-state index contributed by atoms with van der Waals surface area (Å²) in [7, 11) is -1.34. The van der Waals surface area contributed by atoms with Gasteiger partial charge in [-0.3, -0.25) is 9.97 Å². The molecule has 0 N–H and O–H groups in total. The Morgan fingerprint density at radius 1 is 0.868 bits per heavy atom. The second kappa shape index (κ2) is 15.3. The number of fused-ring (bicyclic) bond motifs is 4. The molecular formula is C45H43FIrN4OSi-2. The van der Waals surface area contributed by atoms with Gasteiger partial charge in [-0.05, 0) is 73.5 Å². The zero-order valence-electron chi connectivity index (χ0n) is 31.4. The molecule has 8 rings (SSSR count). The number of imidazole rings is 1. The van der Waals surface area contributed by atoms with E-state index in [1.807, 2.05) is 75.4 Å². The van der Waals surface area contributed by atoms with Crippen LogP contribution in [0.15, 0.2) is 102 Å². The normalized spacial score (nSPS) is 11.6. The van der Waals surface area contributed by atoms with Crippen LogP contribution in [0, 0.1) is 44.6 Å². The summed E-state index contributed by atoms with van der Waals surface area (Å²) in [5.41, 5.74) is 11.2. The van der Waals surface area contributed by atoms with E-state index in [0.29, 0.717) is 17.1 Å². The van der Waals surface area contributed by atoms with Crippen LogP contribution in [0.3, 0.4) is 0 Å². The topological polar surface area (TPSA) is 56.7 Å². The van der Waals surface area contributed by atoms with E-state index in [1.165, 1.54) is 22.9 Å². The molecule has 4 heterocycles. The molecule has 8 heteroatoms. The first-order valence-corrected chi connectivity index (χ1v) is 21.3. The minimum absolute atomic E-state index is 0. The van der Waals surface area contributed by atoms with Crippen molar-refractivity contribution in [2.45, 2.75) is 60.7 Å². The van der Waals surface area contributed by atoms with Crippen molar-refractivity contribution in [2.75, 3.05) is 0 Å². The smallest absolute Gasteiger partial charge is 0.126 e. The SMILES string of the molecule is CC(C)Cc1cc(-c2[c-]cccc2)ncc1[Si](C)(C)C.Cc1cc(-n2c(-c3[c-]cc(C)c4c3oc3cc(F)ccc34)nc3ccccc32)cc(C)n1.[Ir]. The third-order valence-electron chi connectivity index (χ3n) is 9.23. The van der Waals surface area contributed by atoms with Gasteiger partial charge in [0.25, 0.3) is 0 Å². The minimum atomic E-state index is -1.34. The van der Waals surface area contributed by atoms with E-state index in [4.69, 9.17) is 9.40 Å². The molecule has 53 heavy (non-hydrogen) atoms. The average Bonchev–Trinajstić information content (AvgIpc) is 3.67. The number of aryl methyl sites for hydroxylation is 3. The van der Waals surface area contributed by atoms with Gasteiger partial charge in [-0.2, -0.15) is 0 Å². The molecular weight excluding hydrogens is 852 g/mol. The first-order chi connectivity index (χ1) is 24.9. The predicted octanol–water partition coefficient (Wildman–Crippen LogP) is 11.1. The van der Waals surface area contributed by atoms with E-state index in [-0.39, 0.29) is 25.9 Å². The van der Waals surface area contributed by atoms with Gasteiger partial charge in [-0.15, -0.1) is 53.6 Å². The molecule has 5 nitrogen and oxygen atoms in total. The van der Waals surface area contributed by atoms with E-state index in [1.54, 1.807) is 6.07 Å². The summed E-state index contributed by atoms with van der Waals surface area (Å²) >= 11 is 0. The van der Waals surface area contributed by atoms with Crippen LogP contribution in [0.1, 0.15) is 36.4 Å². The zero-order chi connectivity index (χ0) is 36.7. The molecule has 0 bridgehead atoms. The van der Waals surface area contributed by atoms with E-state index in [0.717, 1.165) is 73.5 Å². The Labute approximate surface area is 325 Å². The first kappa shape index (κ1) is 38.0. The van der Waals surface area contributed by atoms with Crippen LogP contribution in [0.2, 0.25) is 19.6 Å². The van der Waals surface area contributed by atoms with Gasteiger partial charge in [0.2, 0.25) is 0 Å². The van der Waals surface area contributed by atoms with Crippen molar-refractivity contribution >= 4 is 46.2 Å². The van der Waals surface area contributed by atoms with Gasteiger partial charge in [-0.1, -0.05) is 75.1 Å². The maximum Gasteiger partial charge on any atom is 0.126 e. The molecule has 0 saturated heterocycles. The maximum atomic E-state index is 13.9. The van der Waals surface area contributed by atoms with Crippen molar-refractivity contribution in [3.8, 4) is 28.3 Å². The summed E-state index contributed by atoms with van der Waals surface area (Å²) < 4.78 is 22.2. The fraction of sp³-hybridized carbons (Fsp3) is 0.222. The van der Waals surface area contributed by atoms with Crippen molar-refractivity contribution < 1.29 is 28.9 Å². The third-order valence-corrected chi connectivity index (χ3v) is 11.3. The maximum absolute atomic E-state index is 13.9. The molecule has 0 saturated carbocycles. The number of para-hydroxylation sites is 2. The van der Waals surface area contributed by atoms with Crippen LogP contribution in [0.25, 0.3) is 61.3 Å². The van der Waals surface area contributed by atoms with Gasteiger partial charge < -0.3 is 14.0 Å². The molecule has 1 radical (unpaired) electrons. The van der Waals surface area contributed by atoms with E-state index in [2.05, 4.69) is 84.6 Å². The molecule has 0 amide bonds. The fourth-order valence-corrected chi connectivity index (χ4v) is 8.59. The van der Waals surface area contributed by atoms with E-state index < -0.39 is 8.07 Å². The number of halogens is 1. The quantitative estimate of drug-likeness (QED) is 0.123. The Hall–Kier alpha value is -4.75. The molecule has 0 aliphatic heterocycles. The Kier molecular flexibility index (Phi) is 11.0. The molecule has 0 fully saturated rings. The number of aromatic nitrogens is 4. The molecule has 0 aliphatic carbocycles. The third kappa shape index (κ3) is 7.82. The number of hydrogen-bond donors (Lipinski definition) is 0. The van der Waals surface area contributed by atoms with Crippen LogP contribution in [-0.4, -0.2) is 27.6 Å². The summed E-state index contributed by atoms with van der Waals surface area (Å²) in [5.74, 6) is 1.07. The van der Waals surface area contributed by atoms with Crippen molar-refractivity contribution in [2.24, 2.45) is 5.92 Å². The average molecular weight is 895 g/mol. The van der Waals surface area contributed by atoms with Crippen molar-refractivity contribution in [1.82, 2.24) is 19.5 Å². The molecule has 0 spiro atoms. The zero-order valence-corrected chi connectivity index (χ0v) is 34.8. The second-order valence-electron chi connectivity index (χ2n) is 15.0. The molecule has 0 unspecified atom stereocenters. The fourth-order valence-electron chi connectivity index (χ4n) is 7.00. The summed E-state index contributed by atoms with van der Waals surface area (Å²) in [6, 6.07) is 35.7. The number of benzene rings is 4. The van der Waals surface area contributed by atoms with Crippen LogP contribution in [0.4, 0.5) is 4.39 Å². The van der Waals surface area contributed by atoms with Crippen LogP contribution < -0.4 is 5.19 Å². The summed E-state index contributed by atoms with van der Waals surface area (Å²) in [4.78, 5) is 14.2. The molecule has 4 aromatic carbocycles. The van der Waals surface area contributed by atoms with E-state index in [9.17, 15) is 4.39 Å². The Balaban J connectivity index is 0.000000199. The van der Waals surface area contributed by atoms with Crippen molar-refractivity contribution in [1.29, 1.82) is 0 Å². The first-order valence-electron chi connectivity index (χ1n) is 17.8. The predicted molar refractivity (Wildman–Crippen MR) is 215 cm³/mol. The molecule has 0 aliphatic rings. The number of hydrogen-bond acceptors (Lipinski definition) is 4. The number of nitrogens with zero attached hydrogens (tertiary/aromatic N) is 4. The Morgan fingerprint density at radius 2 is 1.60 bits per heavy atom. The van der Waals surface area contributed by atoms with Crippen molar-refractivity contribution in [3.05, 3.63) is 138 Å². The molecule has 271 valence electrons. The van der Waals surface area contributed by atoms with Gasteiger partial charge in [0.05, 0.1) is 30.5 Å². The molecule has 4 aromatic heterocycles. The summed E-state index contributed by atoms with van der Waals surface area (Å²) in [6.45, 7) is 17.7. The van der Waals surface area contributed by atoms with E-state index >= 15 is 0 Å². The number of rotatable bonds is 6. The largest absolute Gasteiger partial charge is 0.500 e. The standard InChI is InChI=1S/C27H19FN3O.C18H24NSi.Ir/c1-15-8-10-21(26-25(15)20-11-9-18(28)14-24(20)32-26)27-30-22-6-4-5-7-23(22)31(27)19-12-16(2)29-17(3)13-19;1-14(2)11-16-12-17(15-9-7-6-8-10-15)19-13-18(16)20(3,4)5;/h4-9,11-14H,1-3H3;6-9,12-14H,11H2,1-5H3;/q2*-1;. The van der Waals surface area contributed by atoms with Gasteiger partial charge in [0.15, 0.2) is 0 Å². The summed E-state index contributed by atoms with van der Waals surface area (Å²) in [6.07, 6.45) is 3.24. The number of pyridine rings is 2. The van der Waals surface area contributed by atoms with Gasteiger partial charge >= 0.3 is 0 Å². The number of furan rings is 1. The monoisotopic (exact) mass is 895 g/mol. The van der Waals surface area contributed by atoms with Gasteiger partial charge in [0.1, 0.15) is 11.4 Å². The molecule has 0 atom stereocenters. The van der Waals surface area contributed by atoms with Crippen molar-refractivity contribution in [3.63, 3.8) is 0 Å². The Bertz CT molecular complexity index is 2550. The second-order valence-corrected chi connectivity index (χ2v) is 20.1.